The maximum absolute atomic E-state index is 14.2. The predicted molar refractivity (Wildman–Crippen MR) is 151 cm³/mol. The largest absolute Gasteiger partial charge is 0.444 e. The van der Waals surface area contributed by atoms with E-state index in [1.165, 1.54) is 11.1 Å². The first-order valence-electron chi connectivity index (χ1n) is 14.2. The Morgan fingerprint density at radius 3 is 2.44 bits per heavy atom. The molecular formula is C30H37F3N6O4. The Labute approximate surface area is 248 Å². The Morgan fingerprint density at radius 2 is 1.86 bits per heavy atom. The summed E-state index contributed by atoms with van der Waals surface area (Å²) < 4.78 is 55.4. The summed E-state index contributed by atoms with van der Waals surface area (Å²) in [6.07, 6.45) is -1.51. The highest BCUT2D eigenvalue weighted by molar-refractivity contribution is 5.68. The number of nitrogens with one attached hydrogen (secondary N) is 1. The number of benzene rings is 1. The summed E-state index contributed by atoms with van der Waals surface area (Å²) in [6, 6.07) is 8.52. The molecule has 2 aliphatic rings. The van der Waals surface area contributed by atoms with Gasteiger partial charge in [0.2, 0.25) is 0 Å². The fraction of sp³-hybridized carbons (Fsp3) is 0.533. The topological polar surface area (TPSA) is 115 Å². The summed E-state index contributed by atoms with van der Waals surface area (Å²) >= 11 is 0. The molecule has 2 aromatic heterocycles. The lowest BCUT2D eigenvalue weighted by atomic mass is 9.75. The molecule has 2 saturated heterocycles. The number of pyridine rings is 1. The van der Waals surface area contributed by atoms with Crippen molar-refractivity contribution in [3.8, 4) is 0 Å². The second-order valence-electron chi connectivity index (χ2n) is 12.5. The number of carbonyl (C=O) groups excluding carboxylic acids is 1. The molecule has 2 N–H and O–H groups in total. The molecule has 3 aromatic rings. The first kappa shape index (κ1) is 30.7. The number of nitrogens with zero attached hydrogens (tertiary/aromatic N) is 5. The zero-order valence-electron chi connectivity index (χ0n) is 24.7. The number of ether oxygens (including phenoxy) is 2. The molecule has 0 spiro atoms. The molecule has 0 saturated carbocycles. The summed E-state index contributed by atoms with van der Waals surface area (Å²) in [5, 5.41) is 22.5. The Hall–Kier alpha value is -3.71. The first-order chi connectivity index (χ1) is 20.2. The molecule has 4 heterocycles. The zero-order valence-corrected chi connectivity index (χ0v) is 24.7. The molecular weight excluding hydrogens is 565 g/mol. The fourth-order valence-electron chi connectivity index (χ4n) is 5.44. The van der Waals surface area contributed by atoms with Gasteiger partial charge in [0.05, 0.1) is 36.6 Å². The van der Waals surface area contributed by atoms with E-state index >= 15 is 0 Å². The highest BCUT2D eigenvalue weighted by Gasteiger charge is 2.42. The van der Waals surface area contributed by atoms with E-state index in [2.05, 4.69) is 20.5 Å². The number of hydrogen-bond acceptors (Lipinski definition) is 8. The van der Waals surface area contributed by atoms with E-state index in [0.29, 0.717) is 25.3 Å². The van der Waals surface area contributed by atoms with Gasteiger partial charge in [-0.2, -0.15) is 13.2 Å². The SMILES string of the molecule is Cn1cnnc1CC1(c2cccc(NCc3ncc(C4(O)CCN(C(=O)OC(C)(C)C)CC4)cc3C(F)(F)F)c2)COC1. The summed E-state index contributed by atoms with van der Waals surface area (Å²) in [7, 11) is 1.88. The van der Waals surface area contributed by atoms with Crippen molar-refractivity contribution >= 4 is 11.8 Å². The number of aliphatic hydroxyl groups is 1. The Balaban J connectivity index is 1.30. The zero-order chi connectivity index (χ0) is 31.0. The third-order valence-corrected chi connectivity index (χ3v) is 8.05. The van der Waals surface area contributed by atoms with E-state index in [0.717, 1.165) is 17.5 Å². The number of piperidine rings is 1. The van der Waals surface area contributed by atoms with E-state index in [1.807, 2.05) is 29.8 Å². The van der Waals surface area contributed by atoms with Crippen molar-refractivity contribution in [1.82, 2.24) is 24.6 Å². The number of anilines is 1. The van der Waals surface area contributed by atoms with Gasteiger partial charge in [-0.15, -0.1) is 10.2 Å². The average Bonchev–Trinajstić information content (AvgIpc) is 3.32. The normalized spacial score (nSPS) is 18.2. The van der Waals surface area contributed by atoms with E-state index < -0.39 is 29.0 Å². The number of aryl methyl sites for hydroxylation is 1. The Kier molecular flexibility index (Phi) is 8.16. The van der Waals surface area contributed by atoms with Crippen LogP contribution in [0.15, 0.2) is 42.9 Å². The second kappa shape index (κ2) is 11.4. The molecule has 5 rings (SSSR count). The summed E-state index contributed by atoms with van der Waals surface area (Å²) in [6.45, 7) is 6.39. The van der Waals surface area contributed by atoms with Crippen molar-refractivity contribution in [2.24, 2.45) is 7.05 Å². The minimum Gasteiger partial charge on any atom is -0.444 e. The number of likely N-dealkylation sites (tertiary alicyclic amines) is 1. The van der Waals surface area contributed by atoms with E-state index in [9.17, 15) is 23.1 Å². The maximum Gasteiger partial charge on any atom is 0.418 e. The van der Waals surface area contributed by atoms with Crippen molar-refractivity contribution in [2.45, 2.75) is 69.4 Å². The summed E-state index contributed by atoms with van der Waals surface area (Å²) in [5.41, 5.74) is -1.91. The van der Waals surface area contributed by atoms with Crippen LogP contribution in [-0.4, -0.2) is 67.8 Å². The smallest absolute Gasteiger partial charge is 0.418 e. The van der Waals surface area contributed by atoms with Crippen molar-refractivity contribution in [3.05, 3.63) is 71.1 Å². The number of aromatic nitrogens is 4. The highest BCUT2D eigenvalue weighted by Crippen LogP contribution is 2.39. The Morgan fingerprint density at radius 1 is 1.14 bits per heavy atom. The number of rotatable bonds is 7. The lowest BCUT2D eigenvalue weighted by molar-refractivity contribution is -0.138. The van der Waals surface area contributed by atoms with E-state index in [1.54, 1.807) is 33.2 Å². The van der Waals surface area contributed by atoms with Gasteiger partial charge in [-0.1, -0.05) is 12.1 Å². The van der Waals surface area contributed by atoms with E-state index in [-0.39, 0.29) is 49.1 Å². The molecule has 1 amide bonds. The van der Waals surface area contributed by atoms with Gasteiger partial charge in [0.15, 0.2) is 0 Å². The molecule has 232 valence electrons. The van der Waals surface area contributed by atoms with Crippen LogP contribution in [0.2, 0.25) is 0 Å². The van der Waals surface area contributed by atoms with Gasteiger partial charge in [-0.25, -0.2) is 4.79 Å². The van der Waals surface area contributed by atoms with Crippen LogP contribution in [0.3, 0.4) is 0 Å². The second-order valence-corrected chi connectivity index (χ2v) is 12.5. The number of halogens is 3. The molecule has 0 unspecified atom stereocenters. The molecule has 10 nitrogen and oxygen atoms in total. The number of amides is 1. The van der Waals surface area contributed by atoms with Gasteiger partial charge < -0.3 is 29.4 Å². The van der Waals surface area contributed by atoms with Crippen LogP contribution in [0.1, 0.15) is 61.8 Å². The van der Waals surface area contributed by atoms with Crippen LogP contribution in [0.25, 0.3) is 0 Å². The van der Waals surface area contributed by atoms with Crippen LogP contribution in [0.4, 0.5) is 23.7 Å². The minimum absolute atomic E-state index is 0.0649. The monoisotopic (exact) mass is 602 g/mol. The third-order valence-electron chi connectivity index (χ3n) is 8.05. The summed E-state index contributed by atoms with van der Waals surface area (Å²) in [4.78, 5) is 18.0. The lowest BCUT2D eigenvalue weighted by Gasteiger charge is -2.41. The van der Waals surface area contributed by atoms with Gasteiger partial charge in [0.25, 0.3) is 0 Å². The van der Waals surface area contributed by atoms with Crippen molar-refractivity contribution < 1.29 is 32.5 Å². The van der Waals surface area contributed by atoms with Crippen molar-refractivity contribution in [3.63, 3.8) is 0 Å². The fourth-order valence-corrected chi connectivity index (χ4v) is 5.44. The standard InChI is InChI=1S/C30H37F3N6O4/c1-27(2,3)43-26(40)39-10-8-29(41,9-11-39)21-13-23(30(31,32)33)24(35-15-21)16-34-22-7-5-6-20(12-22)28(17-42-18-28)14-25-37-36-19-38(25)4/h5-7,12-13,15,19,34,41H,8-11,14,16-18H2,1-4H3. The van der Waals surface area contributed by atoms with Crippen LogP contribution in [0.5, 0.6) is 0 Å². The molecule has 0 aliphatic carbocycles. The molecule has 13 heteroatoms. The van der Waals surface area contributed by atoms with Crippen LogP contribution < -0.4 is 5.32 Å². The van der Waals surface area contributed by atoms with Gasteiger partial charge >= 0.3 is 12.3 Å². The predicted octanol–water partition coefficient (Wildman–Crippen LogP) is 4.57. The van der Waals surface area contributed by atoms with Crippen LogP contribution >= 0.6 is 0 Å². The molecule has 0 bridgehead atoms. The van der Waals surface area contributed by atoms with Gasteiger partial charge in [0, 0.05) is 49.4 Å². The quantitative estimate of drug-likeness (QED) is 0.404. The van der Waals surface area contributed by atoms with Gasteiger partial charge in [-0.3, -0.25) is 4.98 Å². The number of hydrogen-bond donors (Lipinski definition) is 2. The summed E-state index contributed by atoms with van der Waals surface area (Å²) in [5.74, 6) is 0.818. The minimum atomic E-state index is -4.68. The third kappa shape index (κ3) is 6.77. The van der Waals surface area contributed by atoms with Crippen molar-refractivity contribution in [2.75, 3.05) is 31.6 Å². The lowest BCUT2D eigenvalue weighted by Crippen LogP contribution is -2.49. The maximum atomic E-state index is 14.2. The van der Waals surface area contributed by atoms with Crippen LogP contribution in [-0.2, 0) is 46.7 Å². The molecule has 0 radical (unpaired) electrons. The first-order valence-corrected chi connectivity index (χ1v) is 14.2. The van der Waals surface area contributed by atoms with E-state index in [4.69, 9.17) is 9.47 Å². The van der Waals surface area contributed by atoms with Crippen LogP contribution in [0, 0.1) is 0 Å². The number of alkyl halides is 3. The highest BCUT2D eigenvalue weighted by atomic mass is 19.4. The van der Waals surface area contributed by atoms with Gasteiger partial charge in [-0.05, 0) is 57.4 Å². The molecule has 2 fully saturated rings. The number of carbonyl (C=O) groups is 1. The van der Waals surface area contributed by atoms with Crippen molar-refractivity contribution in [1.29, 1.82) is 0 Å². The van der Waals surface area contributed by atoms with Gasteiger partial charge in [0.1, 0.15) is 17.8 Å². The average molecular weight is 603 g/mol. The molecule has 1 aromatic carbocycles. The Bertz CT molecular complexity index is 1460. The molecule has 2 aliphatic heterocycles. The molecule has 43 heavy (non-hydrogen) atoms. The molecule has 0 atom stereocenters.